The second-order valence-corrected chi connectivity index (χ2v) is 7.76. The zero-order valence-corrected chi connectivity index (χ0v) is 16.2. The van der Waals surface area contributed by atoms with E-state index in [1.165, 1.54) is 17.3 Å². The molecule has 4 nitrogen and oxygen atoms in total. The fourth-order valence-electron chi connectivity index (χ4n) is 2.43. The summed E-state index contributed by atoms with van der Waals surface area (Å²) in [6.45, 7) is 4.45. The molecule has 6 heteroatoms. The Morgan fingerprint density at radius 1 is 1.19 bits per heavy atom. The lowest BCUT2D eigenvalue weighted by atomic mass is 10.1. The maximum Gasteiger partial charge on any atom is 0.233 e. The second-order valence-electron chi connectivity index (χ2n) is 6.02. The summed E-state index contributed by atoms with van der Waals surface area (Å²) < 4.78 is 1.95. The molecule has 1 aromatic heterocycles. The Labute approximate surface area is 162 Å². The summed E-state index contributed by atoms with van der Waals surface area (Å²) in [6.07, 6.45) is 3.61. The lowest BCUT2D eigenvalue weighted by molar-refractivity contribution is -0.120. The Kier molecular flexibility index (Phi) is 6.01. The lowest BCUT2D eigenvalue weighted by Crippen LogP contribution is -2.30. The van der Waals surface area contributed by atoms with Crippen molar-refractivity contribution >= 4 is 29.3 Å². The molecule has 0 saturated carbocycles. The highest BCUT2D eigenvalue weighted by Crippen LogP contribution is 2.25. The molecule has 0 aliphatic carbocycles. The van der Waals surface area contributed by atoms with Crippen molar-refractivity contribution in [3.05, 3.63) is 77.1 Å². The molecule has 0 unspecified atom stereocenters. The van der Waals surface area contributed by atoms with Crippen LogP contribution in [0.1, 0.15) is 18.1 Å². The van der Waals surface area contributed by atoms with E-state index in [4.69, 9.17) is 11.6 Å². The fourth-order valence-corrected chi connectivity index (χ4v) is 3.46. The van der Waals surface area contributed by atoms with Gasteiger partial charge in [-0.05, 0) is 43.7 Å². The third kappa shape index (κ3) is 4.68. The van der Waals surface area contributed by atoms with Crippen molar-refractivity contribution < 1.29 is 4.79 Å². The molecule has 1 heterocycles. The standard InChI is InChI=1S/C20H20ClN3OS/c1-14-3-5-16(6-4-14)13-23-19(25)15(2)26-20-22-11-12-24(20)18-9-7-17(21)8-10-18/h3-12,15H,13H2,1-2H3,(H,23,25)/t15-/m0/s1. The summed E-state index contributed by atoms with van der Waals surface area (Å²) in [7, 11) is 0. The number of carbonyl (C=O) groups is 1. The summed E-state index contributed by atoms with van der Waals surface area (Å²) in [5.41, 5.74) is 3.25. The van der Waals surface area contributed by atoms with Gasteiger partial charge in [-0.15, -0.1) is 0 Å². The number of halogens is 1. The van der Waals surface area contributed by atoms with Crippen LogP contribution in [0.15, 0.2) is 66.1 Å². The molecule has 0 saturated heterocycles. The number of amides is 1. The summed E-state index contributed by atoms with van der Waals surface area (Å²) in [5, 5.41) is 4.18. The molecule has 0 radical (unpaired) electrons. The van der Waals surface area contributed by atoms with E-state index in [1.54, 1.807) is 6.20 Å². The van der Waals surface area contributed by atoms with Gasteiger partial charge in [-0.3, -0.25) is 9.36 Å². The van der Waals surface area contributed by atoms with Crippen LogP contribution in [0.2, 0.25) is 5.02 Å². The first-order chi connectivity index (χ1) is 12.5. The van der Waals surface area contributed by atoms with Crippen molar-refractivity contribution in [2.45, 2.75) is 30.8 Å². The van der Waals surface area contributed by atoms with E-state index in [-0.39, 0.29) is 11.2 Å². The smallest absolute Gasteiger partial charge is 0.233 e. The monoisotopic (exact) mass is 385 g/mol. The zero-order chi connectivity index (χ0) is 18.5. The Hall–Kier alpha value is -2.24. The summed E-state index contributed by atoms with van der Waals surface area (Å²) in [6, 6.07) is 15.7. The molecule has 1 N–H and O–H groups in total. The predicted octanol–water partition coefficient (Wildman–Crippen LogP) is 4.63. The van der Waals surface area contributed by atoms with Crippen molar-refractivity contribution in [1.29, 1.82) is 0 Å². The minimum absolute atomic E-state index is 0.0127. The molecular weight excluding hydrogens is 366 g/mol. The fraction of sp³-hybridized carbons (Fsp3) is 0.200. The van der Waals surface area contributed by atoms with Crippen molar-refractivity contribution in [2.24, 2.45) is 0 Å². The van der Waals surface area contributed by atoms with Crippen molar-refractivity contribution in [3.8, 4) is 5.69 Å². The number of benzene rings is 2. The molecular formula is C20H20ClN3OS. The minimum Gasteiger partial charge on any atom is -0.351 e. The normalized spacial score (nSPS) is 12.0. The molecule has 0 spiro atoms. The van der Waals surface area contributed by atoms with E-state index in [9.17, 15) is 4.79 Å². The Morgan fingerprint density at radius 3 is 2.58 bits per heavy atom. The maximum atomic E-state index is 12.4. The van der Waals surface area contributed by atoms with Gasteiger partial charge in [-0.1, -0.05) is 53.2 Å². The van der Waals surface area contributed by atoms with Gasteiger partial charge >= 0.3 is 0 Å². The number of rotatable bonds is 6. The molecule has 2 aromatic carbocycles. The Morgan fingerprint density at radius 2 is 1.88 bits per heavy atom. The van der Waals surface area contributed by atoms with Gasteiger partial charge in [-0.25, -0.2) is 4.98 Å². The van der Waals surface area contributed by atoms with Crippen LogP contribution in [0.4, 0.5) is 0 Å². The topological polar surface area (TPSA) is 46.9 Å². The quantitative estimate of drug-likeness (QED) is 0.629. The average Bonchev–Trinajstić information content (AvgIpc) is 3.09. The van der Waals surface area contributed by atoms with Gasteiger partial charge in [-0.2, -0.15) is 0 Å². The highest BCUT2D eigenvalue weighted by molar-refractivity contribution is 8.00. The van der Waals surface area contributed by atoms with Gasteiger partial charge < -0.3 is 5.32 Å². The molecule has 3 aromatic rings. The first kappa shape index (κ1) is 18.5. The number of hydrogen-bond acceptors (Lipinski definition) is 3. The number of nitrogens with zero attached hydrogens (tertiary/aromatic N) is 2. The van der Waals surface area contributed by atoms with Crippen LogP contribution in [0.3, 0.4) is 0 Å². The van der Waals surface area contributed by atoms with Crippen LogP contribution in [0.25, 0.3) is 5.69 Å². The van der Waals surface area contributed by atoms with Gasteiger partial charge in [0.25, 0.3) is 0 Å². The third-order valence-corrected chi connectivity index (χ3v) is 5.28. The van der Waals surface area contributed by atoms with Gasteiger partial charge in [0, 0.05) is 29.6 Å². The molecule has 0 aliphatic rings. The molecule has 26 heavy (non-hydrogen) atoms. The van der Waals surface area contributed by atoms with Crippen LogP contribution < -0.4 is 5.32 Å². The number of aromatic nitrogens is 2. The molecule has 1 amide bonds. The second kappa shape index (κ2) is 8.43. The lowest BCUT2D eigenvalue weighted by Gasteiger charge is -2.13. The van der Waals surface area contributed by atoms with Crippen LogP contribution in [0.5, 0.6) is 0 Å². The van der Waals surface area contributed by atoms with Crippen LogP contribution in [0, 0.1) is 6.92 Å². The highest BCUT2D eigenvalue weighted by Gasteiger charge is 2.17. The molecule has 0 fully saturated rings. The molecule has 0 aliphatic heterocycles. The average molecular weight is 386 g/mol. The number of hydrogen-bond donors (Lipinski definition) is 1. The third-order valence-electron chi connectivity index (χ3n) is 3.95. The van der Waals surface area contributed by atoms with Crippen LogP contribution >= 0.6 is 23.4 Å². The molecule has 3 rings (SSSR count). The first-order valence-corrected chi connectivity index (χ1v) is 9.58. The van der Waals surface area contributed by atoms with Crippen molar-refractivity contribution in [3.63, 3.8) is 0 Å². The van der Waals surface area contributed by atoms with Gasteiger partial charge in [0.05, 0.1) is 5.25 Å². The summed E-state index contributed by atoms with van der Waals surface area (Å²) in [4.78, 5) is 16.8. The highest BCUT2D eigenvalue weighted by atomic mass is 35.5. The van der Waals surface area contributed by atoms with Gasteiger partial charge in [0.15, 0.2) is 5.16 Å². The number of carbonyl (C=O) groups excluding carboxylic acids is 1. The first-order valence-electron chi connectivity index (χ1n) is 8.32. The summed E-state index contributed by atoms with van der Waals surface area (Å²) >= 11 is 7.38. The SMILES string of the molecule is Cc1ccc(CNC(=O)[C@H](C)Sc2nccn2-c2ccc(Cl)cc2)cc1. The Balaban J connectivity index is 1.62. The van der Waals surface area contributed by atoms with Gasteiger partial charge in [0.2, 0.25) is 5.91 Å². The van der Waals surface area contributed by atoms with Crippen LogP contribution in [-0.2, 0) is 11.3 Å². The van der Waals surface area contributed by atoms with E-state index in [2.05, 4.69) is 10.3 Å². The zero-order valence-electron chi connectivity index (χ0n) is 14.6. The Bertz CT molecular complexity index is 875. The molecule has 1 atom stereocenters. The number of imidazole rings is 1. The van der Waals surface area contributed by atoms with E-state index in [0.29, 0.717) is 11.6 Å². The summed E-state index contributed by atoms with van der Waals surface area (Å²) in [5.74, 6) is -0.0127. The van der Waals surface area contributed by atoms with Crippen LogP contribution in [-0.4, -0.2) is 20.7 Å². The largest absolute Gasteiger partial charge is 0.351 e. The minimum atomic E-state index is -0.256. The van der Waals surface area contributed by atoms with E-state index in [0.717, 1.165) is 16.4 Å². The van der Waals surface area contributed by atoms with E-state index >= 15 is 0 Å². The number of nitrogens with one attached hydrogen (secondary N) is 1. The van der Waals surface area contributed by atoms with Crippen molar-refractivity contribution in [1.82, 2.24) is 14.9 Å². The number of thioether (sulfide) groups is 1. The van der Waals surface area contributed by atoms with E-state index in [1.807, 2.05) is 73.1 Å². The predicted molar refractivity (Wildman–Crippen MR) is 107 cm³/mol. The van der Waals surface area contributed by atoms with E-state index < -0.39 is 0 Å². The van der Waals surface area contributed by atoms with Crippen molar-refractivity contribution in [2.75, 3.05) is 0 Å². The molecule has 134 valence electrons. The van der Waals surface area contributed by atoms with Gasteiger partial charge in [0.1, 0.15) is 0 Å². The number of aryl methyl sites for hydroxylation is 1. The molecule has 0 bridgehead atoms. The maximum absolute atomic E-state index is 12.4.